The Bertz CT molecular complexity index is 1300. The fourth-order valence-electron chi connectivity index (χ4n) is 3.78. The molecule has 0 N–H and O–H groups in total. The summed E-state index contributed by atoms with van der Waals surface area (Å²) in [5.74, 6) is 1.57. The van der Waals surface area contributed by atoms with Crippen LogP contribution in [0.25, 0.3) is 17.1 Å². The molecule has 0 aliphatic rings. The molecule has 0 spiro atoms. The number of ether oxygens (including phenoxy) is 1. The molecule has 4 rings (SSSR count). The molecule has 0 aliphatic carbocycles. The van der Waals surface area contributed by atoms with Crippen molar-refractivity contribution < 1.29 is 9.53 Å². The van der Waals surface area contributed by atoms with Gasteiger partial charge < -0.3 is 4.74 Å². The van der Waals surface area contributed by atoms with Gasteiger partial charge in [0, 0.05) is 16.8 Å². The number of carbonyl (C=O) groups excluding carboxylic acids is 1. The molecule has 1 aromatic heterocycles. The van der Waals surface area contributed by atoms with Crippen molar-refractivity contribution in [3.63, 3.8) is 0 Å². The number of rotatable bonds is 7. The molecule has 1 heterocycles. The second-order valence-corrected chi connectivity index (χ2v) is 11.0. The van der Waals surface area contributed by atoms with Gasteiger partial charge in [0.05, 0.1) is 12.4 Å². The van der Waals surface area contributed by atoms with Gasteiger partial charge in [0.15, 0.2) is 16.8 Å². The van der Waals surface area contributed by atoms with E-state index in [2.05, 4.69) is 55.2 Å². The molecule has 0 radical (unpaired) electrons. The molecule has 35 heavy (non-hydrogen) atoms. The topological polar surface area (TPSA) is 57.0 Å². The van der Waals surface area contributed by atoms with E-state index in [4.69, 9.17) is 4.74 Å². The van der Waals surface area contributed by atoms with Crippen LogP contribution in [0, 0.1) is 6.92 Å². The lowest BCUT2D eigenvalue weighted by atomic mass is 9.87. The van der Waals surface area contributed by atoms with Gasteiger partial charge in [0.1, 0.15) is 5.75 Å². The first-order chi connectivity index (χ1) is 16.7. The molecule has 0 saturated heterocycles. The Morgan fingerprint density at radius 1 is 0.914 bits per heavy atom. The summed E-state index contributed by atoms with van der Waals surface area (Å²) < 4.78 is 7.35. The molecular weight excluding hydrogens is 454 g/mol. The van der Waals surface area contributed by atoms with Crippen LogP contribution < -0.4 is 4.74 Å². The molecule has 4 aromatic rings. The fourth-order valence-corrected chi connectivity index (χ4v) is 4.73. The lowest BCUT2D eigenvalue weighted by molar-refractivity contribution is 0.0994. The lowest BCUT2D eigenvalue weighted by Gasteiger charge is -2.19. The number of Topliss-reactive ketones (excluding diaryl/α,β-unsaturated/α-hetero) is 1. The average molecular weight is 486 g/mol. The largest absolute Gasteiger partial charge is 0.497 e. The van der Waals surface area contributed by atoms with Crippen LogP contribution in [-0.2, 0) is 5.41 Å². The predicted octanol–water partition coefficient (Wildman–Crippen LogP) is 6.91. The molecule has 0 saturated carbocycles. The van der Waals surface area contributed by atoms with E-state index in [1.54, 1.807) is 7.11 Å². The van der Waals surface area contributed by atoms with E-state index in [1.165, 1.54) is 17.3 Å². The number of aromatic nitrogens is 3. The molecule has 3 aromatic carbocycles. The Morgan fingerprint density at radius 3 is 2.11 bits per heavy atom. The second-order valence-electron chi connectivity index (χ2n) is 9.66. The van der Waals surface area contributed by atoms with Gasteiger partial charge in [0.2, 0.25) is 0 Å². The van der Waals surface area contributed by atoms with Crippen molar-refractivity contribution in [2.45, 2.75) is 50.4 Å². The van der Waals surface area contributed by atoms with Crippen LogP contribution in [0.15, 0.2) is 78.0 Å². The number of hydrogen-bond donors (Lipinski definition) is 0. The highest BCUT2D eigenvalue weighted by molar-refractivity contribution is 8.00. The summed E-state index contributed by atoms with van der Waals surface area (Å²) in [6, 6.07) is 23.9. The number of nitrogens with zero attached hydrogens (tertiary/aromatic N) is 3. The molecule has 5 nitrogen and oxygen atoms in total. The number of carbonyl (C=O) groups is 1. The number of benzene rings is 3. The maximum atomic E-state index is 13.1. The Labute approximate surface area is 211 Å². The fraction of sp³-hybridized carbons (Fsp3) is 0.276. The molecular formula is C29H31N3O2S. The van der Waals surface area contributed by atoms with Crippen molar-refractivity contribution in [3.8, 4) is 22.8 Å². The monoisotopic (exact) mass is 485 g/mol. The van der Waals surface area contributed by atoms with Crippen molar-refractivity contribution >= 4 is 17.5 Å². The van der Waals surface area contributed by atoms with Gasteiger partial charge >= 0.3 is 0 Å². The van der Waals surface area contributed by atoms with Crippen molar-refractivity contribution in [1.82, 2.24) is 14.8 Å². The third-order valence-corrected chi connectivity index (χ3v) is 7.00. The molecule has 0 fully saturated rings. The first-order valence-electron chi connectivity index (χ1n) is 11.7. The maximum Gasteiger partial charge on any atom is 0.196 e. The van der Waals surface area contributed by atoms with E-state index in [0.717, 1.165) is 28.4 Å². The van der Waals surface area contributed by atoms with E-state index in [-0.39, 0.29) is 16.4 Å². The predicted molar refractivity (Wildman–Crippen MR) is 143 cm³/mol. The number of thioether (sulfide) groups is 1. The maximum absolute atomic E-state index is 13.1. The SMILES string of the molecule is COc1ccc(-n2c(SC(C)C(=O)c3ccc(C)cc3)nnc2-c2ccc(C(C)(C)C)cc2)cc1. The first-order valence-corrected chi connectivity index (χ1v) is 12.5. The molecule has 6 heteroatoms. The number of hydrogen-bond acceptors (Lipinski definition) is 5. The van der Waals surface area contributed by atoms with Crippen LogP contribution in [-0.4, -0.2) is 32.9 Å². The first kappa shape index (κ1) is 24.7. The average Bonchev–Trinajstić information content (AvgIpc) is 3.27. The van der Waals surface area contributed by atoms with Gasteiger partial charge in [0.25, 0.3) is 0 Å². The summed E-state index contributed by atoms with van der Waals surface area (Å²) in [6.45, 7) is 10.5. The smallest absolute Gasteiger partial charge is 0.196 e. The van der Waals surface area contributed by atoms with Crippen LogP contribution >= 0.6 is 11.8 Å². The summed E-state index contributed by atoms with van der Waals surface area (Å²) in [4.78, 5) is 13.1. The van der Waals surface area contributed by atoms with Crippen molar-refractivity contribution in [2.24, 2.45) is 0 Å². The summed E-state index contributed by atoms with van der Waals surface area (Å²) >= 11 is 1.41. The highest BCUT2D eigenvalue weighted by Gasteiger charge is 2.23. The number of methoxy groups -OCH3 is 1. The minimum atomic E-state index is -0.324. The summed E-state index contributed by atoms with van der Waals surface area (Å²) in [5.41, 5.74) is 5.01. The molecule has 180 valence electrons. The molecule has 0 amide bonds. The van der Waals surface area contributed by atoms with Crippen molar-refractivity contribution in [1.29, 1.82) is 0 Å². The molecule has 0 aliphatic heterocycles. The normalized spacial score (nSPS) is 12.4. The quantitative estimate of drug-likeness (QED) is 0.210. The van der Waals surface area contributed by atoms with Crippen molar-refractivity contribution in [3.05, 3.63) is 89.5 Å². The van der Waals surface area contributed by atoms with Gasteiger partial charge in [-0.15, -0.1) is 10.2 Å². The van der Waals surface area contributed by atoms with E-state index in [9.17, 15) is 4.79 Å². The van der Waals surface area contributed by atoms with Gasteiger partial charge in [-0.05, 0) is 49.1 Å². The summed E-state index contributed by atoms with van der Waals surface area (Å²) in [5, 5.41) is 9.39. The van der Waals surface area contributed by atoms with Gasteiger partial charge in [-0.3, -0.25) is 9.36 Å². The van der Waals surface area contributed by atoms with Gasteiger partial charge in [-0.2, -0.15) is 0 Å². The van der Waals surface area contributed by atoms with Crippen LogP contribution in [0.1, 0.15) is 49.2 Å². The lowest BCUT2D eigenvalue weighted by Crippen LogP contribution is -2.14. The Morgan fingerprint density at radius 2 is 1.54 bits per heavy atom. The third-order valence-electron chi connectivity index (χ3n) is 5.96. The minimum absolute atomic E-state index is 0.0645. The zero-order valence-corrected chi connectivity index (χ0v) is 21.9. The third kappa shape index (κ3) is 5.49. The molecule has 0 bridgehead atoms. The van der Waals surface area contributed by atoms with Crippen LogP contribution in [0.5, 0.6) is 5.75 Å². The highest BCUT2D eigenvalue weighted by atomic mass is 32.2. The van der Waals surface area contributed by atoms with E-state index in [1.807, 2.05) is 66.9 Å². The highest BCUT2D eigenvalue weighted by Crippen LogP contribution is 2.33. The zero-order chi connectivity index (χ0) is 25.2. The van der Waals surface area contributed by atoms with Gasteiger partial charge in [-0.25, -0.2) is 0 Å². The summed E-state index contributed by atoms with van der Waals surface area (Å²) in [7, 11) is 1.65. The van der Waals surface area contributed by atoms with E-state index < -0.39 is 0 Å². The number of ketones is 1. The standard InChI is InChI=1S/C29H31N3O2S/c1-19-7-9-21(10-8-19)26(33)20(2)35-28-31-30-27(22-11-13-23(14-12-22)29(3,4)5)32(28)24-15-17-25(34-6)18-16-24/h7-18,20H,1-6H3. The van der Waals surface area contributed by atoms with Gasteiger partial charge in [-0.1, -0.05) is 86.6 Å². The van der Waals surface area contributed by atoms with Crippen LogP contribution in [0.3, 0.4) is 0 Å². The summed E-state index contributed by atoms with van der Waals surface area (Å²) in [6.07, 6.45) is 0. The molecule has 1 atom stereocenters. The minimum Gasteiger partial charge on any atom is -0.497 e. The Kier molecular flexibility index (Phi) is 7.13. The van der Waals surface area contributed by atoms with E-state index >= 15 is 0 Å². The van der Waals surface area contributed by atoms with E-state index in [0.29, 0.717) is 10.7 Å². The number of aryl methyl sites for hydroxylation is 1. The van der Waals surface area contributed by atoms with Crippen LogP contribution in [0.2, 0.25) is 0 Å². The Balaban J connectivity index is 1.72. The molecule has 1 unspecified atom stereocenters. The second kappa shape index (κ2) is 10.1. The zero-order valence-electron chi connectivity index (χ0n) is 21.1. The Hall–Kier alpha value is -3.38. The van der Waals surface area contributed by atoms with Crippen LogP contribution in [0.4, 0.5) is 0 Å². The van der Waals surface area contributed by atoms with Crippen molar-refractivity contribution in [2.75, 3.05) is 7.11 Å².